The van der Waals surface area contributed by atoms with Crippen molar-refractivity contribution >= 4 is 51.0 Å². The summed E-state index contributed by atoms with van der Waals surface area (Å²) < 4.78 is 6.05. The highest BCUT2D eigenvalue weighted by molar-refractivity contribution is 9.10. The van der Waals surface area contributed by atoms with Gasteiger partial charge in [-0.1, -0.05) is 23.2 Å². The van der Waals surface area contributed by atoms with E-state index in [0.29, 0.717) is 10.0 Å². The first kappa shape index (κ1) is 14.4. The fourth-order valence-electron chi connectivity index (χ4n) is 1.48. The number of nitrogens with zero attached hydrogens (tertiary/aromatic N) is 1. The molecule has 2 aromatic rings. The maximum atomic E-state index is 5.93. The molecule has 2 nitrogen and oxygen atoms in total. The molecule has 0 unspecified atom stereocenters. The van der Waals surface area contributed by atoms with E-state index < -0.39 is 0 Å². The second-order valence-corrected chi connectivity index (χ2v) is 5.42. The van der Waals surface area contributed by atoms with Crippen LogP contribution < -0.4 is 4.74 Å². The molecular weight excluding hydrogens is 349 g/mol. The Morgan fingerprint density at radius 1 is 1.11 bits per heavy atom. The molecular formula is C14H10BrCl2NO. The Balaban J connectivity index is 2.22. The van der Waals surface area contributed by atoms with Crippen LogP contribution in [0.25, 0.3) is 0 Å². The quantitative estimate of drug-likeness (QED) is 0.662. The summed E-state index contributed by atoms with van der Waals surface area (Å²) in [6.45, 7) is 0. The SMILES string of the molecule is COc1ccc(C=Nc2ccc(Cl)c(Cl)c2)cc1Br. The molecule has 0 saturated heterocycles. The molecule has 98 valence electrons. The third-order valence-electron chi connectivity index (χ3n) is 2.44. The molecule has 0 bridgehead atoms. The van der Waals surface area contributed by atoms with Gasteiger partial charge < -0.3 is 4.74 Å². The summed E-state index contributed by atoms with van der Waals surface area (Å²) in [6, 6.07) is 11.0. The van der Waals surface area contributed by atoms with Gasteiger partial charge in [-0.25, -0.2) is 0 Å². The van der Waals surface area contributed by atoms with Crippen molar-refractivity contribution in [3.8, 4) is 5.75 Å². The van der Waals surface area contributed by atoms with Crippen LogP contribution in [0, 0.1) is 0 Å². The van der Waals surface area contributed by atoms with Crippen LogP contribution >= 0.6 is 39.1 Å². The molecule has 0 aliphatic rings. The Bertz CT molecular complexity index is 629. The highest BCUT2D eigenvalue weighted by atomic mass is 79.9. The summed E-state index contributed by atoms with van der Waals surface area (Å²) >= 11 is 15.2. The van der Waals surface area contributed by atoms with E-state index in [1.165, 1.54) is 0 Å². The lowest BCUT2D eigenvalue weighted by molar-refractivity contribution is 0.412. The first-order valence-electron chi connectivity index (χ1n) is 5.43. The predicted molar refractivity (Wildman–Crippen MR) is 84.4 cm³/mol. The van der Waals surface area contributed by atoms with Crippen molar-refractivity contribution < 1.29 is 4.74 Å². The summed E-state index contributed by atoms with van der Waals surface area (Å²) in [5, 5.41) is 1.01. The van der Waals surface area contributed by atoms with Crippen molar-refractivity contribution in [1.29, 1.82) is 0 Å². The van der Waals surface area contributed by atoms with E-state index in [2.05, 4.69) is 20.9 Å². The largest absolute Gasteiger partial charge is 0.496 e. The minimum atomic E-state index is 0.493. The Kier molecular flexibility index (Phi) is 4.86. The van der Waals surface area contributed by atoms with Crippen LogP contribution in [0.2, 0.25) is 10.0 Å². The molecule has 0 fully saturated rings. The van der Waals surface area contributed by atoms with Crippen LogP contribution in [0.15, 0.2) is 45.9 Å². The molecule has 0 N–H and O–H groups in total. The molecule has 0 amide bonds. The summed E-state index contributed by atoms with van der Waals surface area (Å²) in [5.41, 5.74) is 1.71. The lowest BCUT2D eigenvalue weighted by atomic mass is 10.2. The van der Waals surface area contributed by atoms with Gasteiger partial charge in [0.1, 0.15) is 5.75 Å². The van der Waals surface area contributed by atoms with Crippen LogP contribution in [-0.4, -0.2) is 13.3 Å². The maximum Gasteiger partial charge on any atom is 0.133 e. The molecule has 0 atom stereocenters. The van der Waals surface area contributed by atoms with Crippen molar-refractivity contribution in [2.24, 2.45) is 4.99 Å². The number of benzene rings is 2. The van der Waals surface area contributed by atoms with Gasteiger partial charge in [-0.15, -0.1) is 0 Å². The third-order valence-corrected chi connectivity index (χ3v) is 3.80. The van der Waals surface area contributed by atoms with E-state index in [9.17, 15) is 0 Å². The number of rotatable bonds is 3. The fourth-order valence-corrected chi connectivity index (χ4v) is 2.33. The number of aliphatic imine (C=N–C) groups is 1. The van der Waals surface area contributed by atoms with E-state index in [-0.39, 0.29) is 0 Å². The lowest BCUT2D eigenvalue weighted by Gasteiger charge is -2.03. The highest BCUT2D eigenvalue weighted by Crippen LogP contribution is 2.27. The van der Waals surface area contributed by atoms with Crippen LogP contribution in [0.3, 0.4) is 0 Å². The van der Waals surface area contributed by atoms with Crippen LogP contribution in [-0.2, 0) is 0 Å². The number of hydrogen-bond acceptors (Lipinski definition) is 2. The smallest absolute Gasteiger partial charge is 0.133 e. The van der Waals surface area contributed by atoms with E-state index >= 15 is 0 Å². The van der Waals surface area contributed by atoms with Crippen molar-refractivity contribution in [2.45, 2.75) is 0 Å². The van der Waals surface area contributed by atoms with Crippen LogP contribution in [0.5, 0.6) is 5.75 Å². The normalized spacial score (nSPS) is 10.9. The Morgan fingerprint density at radius 3 is 2.53 bits per heavy atom. The molecule has 19 heavy (non-hydrogen) atoms. The molecule has 0 aliphatic carbocycles. The molecule has 0 radical (unpaired) electrons. The first-order chi connectivity index (χ1) is 9.10. The minimum absolute atomic E-state index is 0.493. The summed E-state index contributed by atoms with van der Waals surface area (Å²) in [4.78, 5) is 4.35. The number of ether oxygens (including phenoxy) is 1. The second kappa shape index (κ2) is 6.42. The molecule has 0 aliphatic heterocycles. The minimum Gasteiger partial charge on any atom is -0.496 e. The van der Waals surface area contributed by atoms with Crippen LogP contribution in [0.1, 0.15) is 5.56 Å². The van der Waals surface area contributed by atoms with Gasteiger partial charge in [0.25, 0.3) is 0 Å². The highest BCUT2D eigenvalue weighted by Gasteiger charge is 2.00. The van der Waals surface area contributed by atoms with E-state index in [1.807, 2.05) is 24.3 Å². The lowest BCUT2D eigenvalue weighted by Crippen LogP contribution is -1.86. The van der Waals surface area contributed by atoms with Gasteiger partial charge in [-0.05, 0) is 57.9 Å². The van der Waals surface area contributed by atoms with Gasteiger partial charge >= 0.3 is 0 Å². The summed E-state index contributed by atoms with van der Waals surface area (Å²) in [5.74, 6) is 0.784. The van der Waals surface area contributed by atoms with Gasteiger partial charge in [0.05, 0.1) is 27.3 Å². The Labute approximate surface area is 130 Å². The molecule has 2 rings (SSSR count). The van der Waals surface area contributed by atoms with Crippen molar-refractivity contribution in [3.05, 3.63) is 56.5 Å². The van der Waals surface area contributed by atoms with Crippen molar-refractivity contribution in [1.82, 2.24) is 0 Å². The Hall–Kier alpha value is -1.03. The van der Waals surface area contributed by atoms with Gasteiger partial charge in [-0.3, -0.25) is 4.99 Å². The molecule has 5 heteroatoms. The van der Waals surface area contributed by atoms with Gasteiger partial charge in [0, 0.05) is 6.21 Å². The maximum absolute atomic E-state index is 5.93. The fraction of sp³-hybridized carbons (Fsp3) is 0.0714. The summed E-state index contributed by atoms with van der Waals surface area (Å²) in [7, 11) is 1.63. The number of halogens is 3. The second-order valence-electron chi connectivity index (χ2n) is 3.75. The average molecular weight is 359 g/mol. The van der Waals surface area contributed by atoms with E-state index in [4.69, 9.17) is 27.9 Å². The molecule has 0 saturated carbocycles. The van der Waals surface area contributed by atoms with Crippen LogP contribution in [0.4, 0.5) is 5.69 Å². The standard InChI is InChI=1S/C14H10BrCl2NO/c1-19-14-5-2-9(6-11(14)15)8-18-10-3-4-12(16)13(17)7-10/h2-8H,1H3. The average Bonchev–Trinajstić information content (AvgIpc) is 2.40. The van der Waals surface area contributed by atoms with Gasteiger partial charge in [0.15, 0.2) is 0 Å². The zero-order chi connectivity index (χ0) is 13.8. The van der Waals surface area contributed by atoms with Crippen molar-refractivity contribution in [2.75, 3.05) is 7.11 Å². The topological polar surface area (TPSA) is 21.6 Å². The third kappa shape index (κ3) is 3.72. The van der Waals surface area contributed by atoms with Crippen molar-refractivity contribution in [3.63, 3.8) is 0 Å². The van der Waals surface area contributed by atoms with E-state index in [1.54, 1.807) is 25.5 Å². The van der Waals surface area contributed by atoms with Gasteiger partial charge in [0.2, 0.25) is 0 Å². The first-order valence-corrected chi connectivity index (χ1v) is 6.97. The molecule has 0 heterocycles. The van der Waals surface area contributed by atoms with Gasteiger partial charge in [-0.2, -0.15) is 0 Å². The molecule has 2 aromatic carbocycles. The molecule has 0 spiro atoms. The monoisotopic (exact) mass is 357 g/mol. The number of hydrogen-bond donors (Lipinski definition) is 0. The number of methoxy groups -OCH3 is 1. The molecule has 0 aromatic heterocycles. The Morgan fingerprint density at radius 2 is 1.89 bits per heavy atom. The zero-order valence-corrected chi connectivity index (χ0v) is 13.1. The predicted octanol–water partition coefficient (Wildman–Crippen LogP) is 5.52. The zero-order valence-electron chi connectivity index (χ0n) is 10.0. The van der Waals surface area contributed by atoms with E-state index in [0.717, 1.165) is 21.5 Å². The summed E-state index contributed by atoms with van der Waals surface area (Å²) in [6.07, 6.45) is 1.75.